The lowest BCUT2D eigenvalue weighted by Gasteiger charge is -2.10. The number of rotatable bonds is 8. The molecule has 0 atom stereocenters. The molecule has 1 aliphatic rings. The minimum absolute atomic E-state index is 0.0500. The summed E-state index contributed by atoms with van der Waals surface area (Å²) in [5, 5.41) is 13.5. The molecular formula is C34H32N4O3. The number of aliphatic imine (C=N–C) groups is 1. The lowest BCUT2D eigenvalue weighted by atomic mass is 9.98. The number of esters is 1. The third-order valence-electron chi connectivity index (χ3n) is 7.47. The first kappa shape index (κ1) is 26.3. The summed E-state index contributed by atoms with van der Waals surface area (Å²) in [6.07, 6.45) is 4.85. The van der Waals surface area contributed by atoms with Crippen LogP contribution in [0.4, 0.5) is 5.69 Å². The monoisotopic (exact) mass is 544 g/mol. The smallest absolute Gasteiger partial charge is 0.340 e. The van der Waals surface area contributed by atoms with Crippen molar-refractivity contribution in [3.8, 4) is 17.0 Å². The molecule has 206 valence electrons. The number of aryl methyl sites for hydroxylation is 1. The summed E-state index contributed by atoms with van der Waals surface area (Å²) in [5.74, 6) is -0.383. The Morgan fingerprint density at radius 3 is 2.61 bits per heavy atom. The zero-order valence-electron chi connectivity index (χ0n) is 23.2. The van der Waals surface area contributed by atoms with Gasteiger partial charge in [0.1, 0.15) is 6.61 Å². The van der Waals surface area contributed by atoms with Crippen molar-refractivity contribution in [2.75, 3.05) is 20.6 Å². The number of hydrogen-bond acceptors (Lipinski definition) is 5. The van der Waals surface area contributed by atoms with Crippen molar-refractivity contribution >= 4 is 40.9 Å². The predicted octanol–water partition coefficient (Wildman–Crippen LogP) is 4.98. The molecule has 0 aliphatic carbocycles. The van der Waals surface area contributed by atoms with Gasteiger partial charge < -0.3 is 24.3 Å². The molecule has 0 amide bonds. The molecule has 2 aromatic heterocycles. The molecule has 0 unspecified atom stereocenters. The van der Waals surface area contributed by atoms with Crippen molar-refractivity contribution in [2.45, 2.75) is 19.6 Å². The van der Waals surface area contributed by atoms with Crippen LogP contribution in [0.1, 0.15) is 27.9 Å². The molecule has 6 rings (SSSR count). The van der Waals surface area contributed by atoms with Crippen molar-refractivity contribution in [2.24, 2.45) is 4.99 Å². The van der Waals surface area contributed by atoms with Crippen molar-refractivity contribution in [3.63, 3.8) is 0 Å². The van der Waals surface area contributed by atoms with E-state index in [4.69, 9.17) is 4.74 Å². The predicted molar refractivity (Wildman–Crippen MR) is 164 cm³/mol. The number of hydrogen-bond donors (Lipinski definition) is 2. The van der Waals surface area contributed by atoms with Crippen LogP contribution in [0.5, 0.6) is 5.88 Å². The van der Waals surface area contributed by atoms with E-state index in [9.17, 15) is 9.90 Å². The topological polar surface area (TPSA) is 82.9 Å². The standard InChI is InChI=1S/C34H32N4O3/c1-22-30(27-19-35-32-25(27)14-9-15-26(32)34(40)41-21-23-11-5-4-6-12-23)31(33(39)36-22)28-20-38(18-10-17-37(2)3)29-16-8-7-13-24(28)29/h4-9,11-16,19-20,36,39H,1,10,17-18,21H2,2-3H3. The Morgan fingerprint density at radius 2 is 1.80 bits per heavy atom. The molecule has 0 fully saturated rings. The summed E-state index contributed by atoms with van der Waals surface area (Å²) >= 11 is 0. The van der Waals surface area contributed by atoms with Crippen LogP contribution in [0.25, 0.3) is 34.2 Å². The van der Waals surface area contributed by atoms with Crippen molar-refractivity contribution in [1.29, 1.82) is 0 Å². The highest BCUT2D eigenvalue weighted by Crippen LogP contribution is 2.37. The number of H-pyrrole nitrogens is 1. The summed E-state index contributed by atoms with van der Waals surface area (Å²) < 4.78 is 7.86. The van der Waals surface area contributed by atoms with E-state index < -0.39 is 5.97 Å². The molecule has 0 spiro atoms. The minimum atomic E-state index is -0.433. The van der Waals surface area contributed by atoms with E-state index in [-0.39, 0.29) is 12.5 Å². The Labute approximate surface area is 238 Å². The molecule has 3 heterocycles. The number of para-hydroxylation sites is 2. The van der Waals surface area contributed by atoms with Gasteiger partial charge in [0, 0.05) is 57.1 Å². The second-order valence-corrected chi connectivity index (χ2v) is 10.5. The highest BCUT2D eigenvalue weighted by Gasteiger charge is 2.25. The molecule has 0 bridgehead atoms. The van der Waals surface area contributed by atoms with Crippen molar-refractivity contribution < 1.29 is 14.6 Å². The van der Waals surface area contributed by atoms with Crippen molar-refractivity contribution in [3.05, 3.63) is 106 Å². The van der Waals surface area contributed by atoms with Gasteiger partial charge in [-0.05, 0) is 44.8 Å². The van der Waals surface area contributed by atoms with Gasteiger partial charge in [-0.1, -0.05) is 67.2 Å². The van der Waals surface area contributed by atoms with Gasteiger partial charge in [-0.3, -0.25) is 4.99 Å². The number of aromatic nitrogens is 2. The zero-order valence-corrected chi connectivity index (χ0v) is 23.2. The highest BCUT2D eigenvalue weighted by atomic mass is 16.5. The fraction of sp³-hybridized carbons (Fsp3) is 0.176. The van der Waals surface area contributed by atoms with Gasteiger partial charge in [0.2, 0.25) is 0 Å². The van der Waals surface area contributed by atoms with Gasteiger partial charge in [0.05, 0.1) is 16.8 Å². The molecular weight excluding hydrogens is 512 g/mol. The van der Waals surface area contributed by atoms with Crippen LogP contribution in [0.2, 0.25) is 0 Å². The molecule has 7 heteroatoms. The molecule has 3 aromatic carbocycles. The first-order chi connectivity index (χ1) is 19.9. The number of carbonyl (C=O) groups is 1. The SMILES string of the molecule is C=c1[nH]c(O)c(-c2cn(CCCN(C)C)c3ccccc23)c1=C1C=Nc2c(C(=O)OCc3ccccc3)cccc21. The maximum absolute atomic E-state index is 13.1. The molecule has 0 radical (unpaired) electrons. The summed E-state index contributed by atoms with van der Waals surface area (Å²) in [6.45, 7) is 6.23. The Morgan fingerprint density at radius 1 is 1.02 bits per heavy atom. The lowest BCUT2D eigenvalue weighted by molar-refractivity contribution is 0.0473. The van der Waals surface area contributed by atoms with Crippen LogP contribution in [0.3, 0.4) is 0 Å². The number of ether oxygens (including phenoxy) is 1. The molecule has 2 N–H and O–H groups in total. The first-order valence-corrected chi connectivity index (χ1v) is 13.7. The van der Waals surface area contributed by atoms with E-state index in [2.05, 4.69) is 58.4 Å². The first-order valence-electron chi connectivity index (χ1n) is 13.7. The van der Waals surface area contributed by atoms with E-state index in [1.165, 1.54) is 0 Å². The quantitative estimate of drug-likeness (QED) is 0.270. The molecule has 7 nitrogen and oxygen atoms in total. The third-order valence-corrected chi connectivity index (χ3v) is 7.47. The van der Waals surface area contributed by atoms with E-state index >= 15 is 0 Å². The molecule has 5 aromatic rings. The van der Waals surface area contributed by atoms with Crippen molar-refractivity contribution in [1.82, 2.24) is 14.5 Å². The molecule has 0 saturated carbocycles. The van der Waals surface area contributed by atoms with E-state index in [0.29, 0.717) is 22.2 Å². The number of benzene rings is 3. The summed E-state index contributed by atoms with van der Waals surface area (Å²) in [7, 11) is 4.15. The zero-order chi connectivity index (χ0) is 28.5. The van der Waals surface area contributed by atoms with Crippen LogP contribution in [-0.4, -0.2) is 52.4 Å². The van der Waals surface area contributed by atoms with Crippen LogP contribution in [-0.2, 0) is 17.9 Å². The second kappa shape index (κ2) is 10.9. The van der Waals surface area contributed by atoms with Gasteiger partial charge in [-0.25, -0.2) is 4.79 Å². The average molecular weight is 545 g/mol. The van der Waals surface area contributed by atoms with Crippen LogP contribution in [0.15, 0.2) is 84.0 Å². The van der Waals surface area contributed by atoms with E-state index in [1.807, 2.05) is 54.6 Å². The second-order valence-electron chi connectivity index (χ2n) is 10.5. The number of aromatic hydroxyl groups is 1. The number of nitrogens with zero attached hydrogens (tertiary/aromatic N) is 3. The number of aromatic amines is 1. The number of nitrogens with one attached hydrogen (secondary N) is 1. The van der Waals surface area contributed by atoms with E-state index in [1.54, 1.807) is 12.3 Å². The summed E-state index contributed by atoms with van der Waals surface area (Å²) in [6, 6.07) is 23.3. The Hall–Kier alpha value is -4.88. The summed E-state index contributed by atoms with van der Waals surface area (Å²) in [5.41, 5.74) is 6.14. The molecule has 1 aliphatic heterocycles. The summed E-state index contributed by atoms with van der Waals surface area (Å²) in [4.78, 5) is 23.0. The average Bonchev–Trinajstić information content (AvgIpc) is 3.64. The molecule has 41 heavy (non-hydrogen) atoms. The van der Waals surface area contributed by atoms with Gasteiger partial charge >= 0.3 is 5.97 Å². The minimum Gasteiger partial charge on any atom is -0.494 e. The number of fused-ring (bicyclic) bond motifs is 2. The van der Waals surface area contributed by atoms with Gasteiger partial charge in [-0.2, -0.15) is 0 Å². The Bertz CT molecular complexity index is 1900. The largest absolute Gasteiger partial charge is 0.494 e. The fourth-order valence-electron chi connectivity index (χ4n) is 5.55. The van der Waals surface area contributed by atoms with Gasteiger partial charge in [0.25, 0.3) is 0 Å². The highest BCUT2D eigenvalue weighted by molar-refractivity contribution is 6.19. The van der Waals surface area contributed by atoms with Crippen LogP contribution >= 0.6 is 0 Å². The third kappa shape index (κ3) is 4.96. The fourth-order valence-corrected chi connectivity index (χ4v) is 5.55. The maximum Gasteiger partial charge on any atom is 0.340 e. The van der Waals surface area contributed by atoms with Crippen LogP contribution in [0, 0.1) is 0 Å². The van der Waals surface area contributed by atoms with Gasteiger partial charge in [-0.15, -0.1) is 0 Å². The lowest BCUT2D eigenvalue weighted by Crippen LogP contribution is -2.25. The Kier molecular flexibility index (Phi) is 7.03. The molecule has 0 saturated heterocycles. The Balaban J connectivity index is 1.44. The van der Waals surface area contributed by atoms with E-state index in [0.717, 1.165) is 57.9 Å². The normalized spacial score (nSPS) is 13.7. The van der Waals surface area contributed by atoms with Gasteiger partial charge in [0.15, 0.2) is 5.88 Å². The van der Waals surface area contributed by atoms with Crippen LogP contribution < -0.4 is 10.6 Å². The maximum atomic E-state index is 13.1. The number of carbonyl (C=O) groups excluding carboxylic acids is 1.